The highest BCUT2D eigenvalue weighted by Crippen LogP contribution is 2.63. The molecule has 0 bridgehead atoms. The fourth-order valence-electron chi connectivity index (χ4n) is 5.25. The number of nitrogens with two attached hydrogens (primary N) is 2. The van der Waals surface area contributed by atoms with Gasteiger partial charge in [-0.25, -0.2) is 13.6 Å². The van der Waals surface area contributed by atoms with E-state index in [0.29, 0.717) is 0 Å². The third kappa shape index (κ3) is 8.60. The van der Waals surface area contributed by atoms with Crippen molar-refractivity contribution in [1.82, 2.24) is 34.6 Å². The van der Waals surface area contributed by atoms with Gasteiger partial charge in [0.15, 0.2) is 41.4 Å². The number of nitrogens with zero attached hydrogens (tertiary/aromatic N) is 7. The maximum absolute atomic E-state index is 12.5. The molecule has 300 valence electrons. The first-order chi connectivity index (χ1) is 25.1. The molecule has 2 fully saturated rings. The van der Waals surface area contributed by atoms with Crippen molar-refractivity contribution in [3.8, 4) is 0 Å². The molecule has 3 aliphatic heterocycles. The summed E-state index contributed by atoms with van der Waals surface area (Å²) in [5.74, 6) is -0.734. The Labute approximate surface area is 309 Å². The smallest absolute Gasteiger partial charge is 0.280 e. The topological polar surface area (TPSA) is 428 Å². The lowest BCUT2D eigenvalue weighted by atomic mass is 10.2. The number of ether oxygens (including phenoxy) is 2. The summed E-state index contributed by atoms with van der Waals surface area (Å²) < 4.78 is 69.0. The van der Waals surface area contributed by atoms with Crippen LogP contribution >= 0.6 is 44.5 Å². The van der Waals surface area contributed by atoms with E-state index in [1.54, 1.807) is 10.2 Å². The fourth-order valence-corrected chi connectivity index (χ4v) is 10.6. The highest BCUT2D eigenvalue weighted by molar-refractivity contribution is 14.2. The van der Waals surface area contributed by atoms with E-state index in [4.69, 9.17) is 20.9 Å². The van der Waals surface area contributed by atoms with E-state index < -0.39 is 112 Å². The van der Waals surface area contributed by atoms with Gasteiger partial charge in [0.25, 0.3) is 34.6 Å². The molecule has 3 aromatic rings. The molecule has 3 aromatic heterocycles. The number of anilines is 4. The van der Waals surface area contributed by atoms with Gasteiger partial charge in [0.2, 0.25) is 11.9 Å². The van der Waals surface area contributed by atoms with Gasteiger partial charge >= 0.3 is 0 Å². The maximum Gasteiger partial charge on any atom is 0.280 e. The molecule has 54 heavy (non-hydrogen) atoms. The Morgan fingerprint density at radius 1 is 0.944 bits per heavy atom. The van der Waals surface area contributed by atoms with E-state index in [2.05, 4.69) is 42.6 Å². The number of aliphatic hydroxyl groups is 3. The van der Waals surface area contributed by atoms with Crippen LogP contribution in [0, 0.1) is 0 Å². The standard InChI is InChI=1S/C21H31IN11O18P3/c1-30-12-14(27-21(24)29-16(12)36)31(5-22-30)19-18(38)33(39)17(37)9(49-19)4-47-53(42,43)51-54(44,45)50-52(40,41)46-3-8-7(34)2-10(48-8)32-6-25-11-13(32)26-20(23)28-15(11)35/h5-10,17-19,34,37-39H,2-4H2,1H3,(H,40,41)(H,42,43)(H,44,45)(H3,23,26,28,35)(H3,24,27,29,36)/p-3/t7-,8+,9?,10+,17+,18-,19+/m0/s1. The minimum atomic E-state index is -6.38. The summed E-state index contributed by atoms with van der Waals surface area (Å²) in [5, 5.41) is 41.7. The third-order valence-corrected chi connectivity index (χ3v) is 13.9. The Morgan fingerprint density at radius 3 is 2.22 bits per heavy atom. The predicted molar refractivity (Wildman–Crippen MR) is 179 cm³/mol. The van der Waals surface area contributed by atoms with Crippen LogP contribution in [0.15, 0.2) is 15.9 Å². The molecule has 29 nitrogen and oxygen atoms in total. The number of hydroxylamine groups is 2. The largest absolute Gasteiger partial charge is 0.756 e. The molecular formula is C21H28IN11O18P3-3. The minimum Gasteiger partial charge on any atom is -0.756 e. The van der Waals surface area contributed by atoms with Crippen molar-refractivity contribution in [1.29, 1.82) is 0 Å². The molecule has 6 rings (SSSR count). The number of aliphatic hydroxyl groups excluding tert-OH is 3. The molecule has 6 heterocycles. The van der Waals surface area contributed by atoms with Crippen molar-refractivity contribution in [2.24, 2.45) is 0 Å². The fraction of sp³-hybridized carbons (Fsp3) is 0.524. The van der Waals surface area contributed by atoms with Crippen molar-refractivity contribution in [3.63, 3.8) is 0 Å². The quantitative estimate of drug-likeness (QED) is 0.0479. The van der Waals surface area contributed by atoms with E-state index in [1.165, 1.54) is 8.70 Å². The number of nitrogen functional groups attached to an aromatic ring is 2. The summed E-state index contributed by atoms with van der Waals surface area (Å²) in [6.45, 7) is -2.36. The minimum absolute atomic E-state index is 0.00346. The molecule has 3 aliphatic rings. The number of hydrogen-bond acceptors (Lipinski definition) is 26. The number of H-pyrrole nitrogens is 2. The van der Waals surface area contributed by atoms with Gasteiger partial charge in [-0.05, 0) is 0 Å². The van der Waals surface area contributed by atoms with Gasteiger partial charge in [0.1, 0.15) is 18.4 Å². The highest BCUT2D eigenvalue weighted by Gasteiger charge is 2.47. The summed E-state index contributed by atoms with van der Waals surface area (Å²) >= 11 is -1.12. The zero-order valence-corrected chi connectivity index (χ0v) is 31.7. The molecule has 0 aliphatic carbocycles. The molecule has 0 spiro atoms. The van der Waals surface area contributed by atoms with Crippen LogP contribution < -0.4 is 45.3 Å². The van der Waals surface area contributed by atoms with Gasteiger partial charge in [-0.2, -0.15) is 9.97 Å². The first-order valence-corrected chi connectivity index (χ1v) is 21.3. The number of fused-ring (bicyclic) bond motifs is 2. The number of halogens is 1. The van der Waals surface area contributed by atoms with Gasteiger partial charge in [0.05, 0.1) is 29.8 Å². The zero-order chi connectivity index (χ0) is 39.5. The van der Waals surface area contributed by atoms with Crippen molar-refractivity contribution >= 4 is 83.2 Å². The number of phosphoric ester groups is 2. The number of aromatic nitrogens is 6. The van der Waals surface area contributed by atoms with Crippen LogP contribution in [0.25, 0.3) is 11.2 Å². The summed E-state index contributed by atoms with van der Waals surface area (Å²) in [5.41, 5.74) is 9.74. The number of hydrogen-bond donors (Lipinski definition) is 8. The Bertz CT molecular complexity index is 2210. The maximum atomic E-state index is 12.5. The van der Waals surface area contributed by atoms with E-state index in [1.807, 2.05) is 0 Å². The molecular weight excluding hydrogens is 914 g/mol. The molecule has 33 heteroatoms. The number of imidazole rings is 1. The van der Waals surface area contributed by atoms with E-state index in [9.17, 15) is 58.5 Å². The number of nitrogens with one attached hydrogen (secondary N) is 2. The van der Waals surface area contributed by atoms with Crippen molar-refractivity contribution < 1.29 is 76.0 Å². The van der Waals surface area contributed by atoms with Crippen molar-refractivity contribution in [2.45, 2.75) is 49.6 Å². The number of rotatable bonds is 12. The summed E-state index contributed by atoms with van der Waals surface area (Å²) in [6, 6.07) is 0. The second-order valence-electron chi connectivity index (χ2n) is 11.3. The normalized spacial score (nSPS) is 29.7. The molecule has 0 amide bonds. The summed E-state index contributed by atoms with van der Waals surface area (Å²) in [6.07, 6.45) is -10.9. The van der Waals surface area contributed by atoms with Gasteiger partial charge in [-0.15, -0.1) is 5.06 Å². The van der Waals surface area contributed by atoms with Gasteiger partial charge < -0.3 is 68.3 Å². The predicted octanol–water partition coefficient (Wildman–Crippen LogP) is -4.86. The van der Waals surface area contributed by atoms with Crippen LogP contribution in [-0.4, -0.2) is 116 Å². The molecule has 4 unspecified atom stereocenters. The SMILES string of the molecule is CN1I=CN([C@@H]2OC(COP(=O)([O-])OP(=O)([O-])OP(=O)([O-])OC[C@H]3O[C@@H](n4cnc5c(=O)[nH]c(N)nc54)C[C@@H]3O)[C@@H](O)N(O)[C@H]2O)c2nc(N)[nH]c(=O)c21. The molecule has 0 saturated carbocycles. The lowest BCUT2D eigenvalue weighted by Gasteiger charge is -2.46. The van der Waals surface area contributed by atoms with Crippen LogP contribution in [0.1, 0.15) is 12.6 Å². The Balaban J connectivity index is 1.05. The monoisotopic (exact) mass is 942 g/mol. The van der Waals surface area contributed by atoms with E-state index >= 15 is 0 Å². The Morgan fingerprint density at radius 2 is 1.56 bits per heavy atom. The third-order valence-electron chi connectivity index (χ3n) is 7.62. The van der Waals surface area contributed by atoms with Gasteiger partial charge in [-0.3, -0.25) is 42.7 Å². The Hall–Kier alpha value is -2.84. The second kappa shape index (κ2) is 15.2. The molecule has 10 atom stereocenters. The van der Waals surface area contributed by atoms with Gasteiger partial charge in [-0.1, -0.05) is 0 Å². The highest BCUT2D eigenvalue weighted by atomic mass is 127. The van der Waals surface area contributed by atoms with Crippen molar-refractivity contribution in [3.05, 3.63) is 27.0 Å². The zero-order valence-electron chi connectivity index (χ0n) is 26.8. The molecule has 10 N–H and O–H groups in total. The van der Waals surface area contributed by atoms with E-state index in [0.717, 1.165) is 11.2 Å². The van der Waals surface area contributed by atoms with Crippen LogP contribution in [-0.2, 0) is 40.8 Å². The molecule has 0 radical (unpaired) electrons. The second-order valence-corrected chi connectivity index (χ2v) is 18.3. The summed E-state index contributed by atoms with van der Waals surface area (Å²) in [7, 11) is -16.9. The first-order valence-electron chi connectivity index (χ1n) is 14.7. The number of phosphoric acid groups is 3. The molecule has 0 aromatic carbocycles. The lowest BCUT2D eigenvalue weighted by Crippen LogP contribution is -2.65. The molecule has 2 saturated heterocycles. The van der Waals surface area contributed by atoms with Crippen LogP contribution in [0.5, 0.6) is 0 Å². The summed E-state index contributed by atoms with van der Waals surface area (Å²) in [4.78, 5) is 79.2. The van der Waals surface area contributed by atoms with Crippen LogP contribution in [0.3, 0.4) is 0 Å². The lowest BCUT2D eigenvalue weighted by molar-refractivity contribution is -0.359. The van der Waals surface area contributed by atoms with Crippen molar-refractivity contribution in [2.75, 3.05) is 39.7 Å². The van der Waals surface area contributed by atoms with Crippen LogP contribution in [0.4, 0.5) is 23.4 Å². The van der Waals surface area contributed by atoms with Crippen LogP contribution in [0.2, 0.25) is 0 Å². The Kier molecular flexibility index (Phi) is 11.5. The van der Waals surface area contributed by atoms with E-state index in [-0.39, 0.29) is 46.0 Å². The average molecular weight is 942 g/mol. The van der Waals surface area contributed by atoms with Gasteiger partial charge in [0, 0.05) is 34.5 Å². The number of aromatic amines is 2. The first kappa shape index (κ1) is 40.8. The average Bonchev–Trinajstić information content (AvgIpc) is 3.64. The number of morpholine rings is 1.